The first-order valence-corrected chi connectivity index (χ1v) is 15.4. The van der Waals surface area contributed by atoms with Gasteiger partial charge in [-0.3, -0.25) is 0 Å². The Morgan fingerprint density at radius 3 is 1.11 bits per heavy atom. The van der Waals surface area contributed by atoms with Crippen LogP contribution in [0.4, 0.5) is 0 Å². The summed E-state index contributed by atoms with van der Waals surface area (Å²) < 4.78 is 0. The molecule has 0 spiro atoms. The fourth-order valence-corrected chi connectivity index (χ4v) is 7.99. The average molecular weight is 555 g/mol. The summed E-state index contributed by atoms with van der Waals surface area (Å²) in [5.41, 5.74) is 10.4. The molecule has 0 heterocycles. The summed E-state index contributed by atoms with van der Waals surface area (Å²) in [5, 5.41) is 13.1. The van der Waals surface area contributed by atoms with Crippen LogP contribution in [0.5, 0.6) is 0 Å². The van der Waals surface area contributed by atoms with Gasteiger partial charge in [-0.25, -0.2) is 0 Å². The Morgan fingerprint density at radius 1 is 0.250 bits per heavy atom. The lowest BCUT2D eigenvalue weighted by Gasteiger charge is -2.22. The molecule has 1 aliphatic carbocycles. The minimum absolute atomic E-state index is 1.25. The van der Waals surface area contributed by atoms with Crippen LogP contribution in [0.1, 0.15) is 0 Å². The van der Waals surface area contributed by atoms with E-state index in [0.717, 1.165) is 0 Å². The second-order valence-electron chi connectivity index (χ2n) is 12.0. The Hall–Kier alpha value is -5.72. The average Bonchev–Trinajstić information content (AvgIpc) is 3.41. The van der Waals surface area contributed by atoms with Crippen LogP contribution in [0.3, 0.4) is 0 Å². The summed E-state index contributed by atoms with van der Waals surface area (Å²) in [5.74, 6) is 0. The smallest absolute Gasteiger partial charge is 0.000763 e. The Labute approximate surface area is 255 Å². The summed E-state index contributed by atoms with van der Waals surface area (Å²) >= 11 is 0. The van der Waals surface area contributed by atoms with Crippen LogP contribution in [0.15, 0.2) is 158 Å². The van der Waals surface area contributed by atoms with Crippen LogP contribution in [-0.4, -0.2) is 0 Å². The van der Waals surface area contributed by atoms with E-state index in [4.69, 9.17) is 0 Å². The normalized spacial score (nSPS) is 12.1. The van der Waals surface area contributed by atoms with Gasteiger partial charge in [0.1, 0.15) is 0 Å². The van der Waals surface area contributed by atoms with Gasteiger partial charge in [-0.15, -0.1) is 0 Å². The minimum atomic E-state index is 1.25. The molecule has 0 amide bonds. The Balaban J connectivity index is 1.54. The largest absolute Gasteiger partial charge is 0.0622 e. The van der Waals surface area contributed by atoms with Gasteiger partial charge in [-0.2, -0.15) is 0 Å². The SMILES string of the molecule is c1ccc(-c2c3cc4c(cc3c(-c3ccccc3)c3c5ccccc5c5ccccc5c23)-c2cccc3cccc-4c23)cc1. The molecule has 44 heavy (non-hydrogen) atoms. The molecule has 0 bridgehead atoms. The zero-order valence-corrected chi connectivity index (χ0v) is 24.0. The lowest BCUT2D eigenvalue weighted by molar-refractivity contribution is 1.66. The van der Waals surface area contributed by atoms with Gasteiger partial charge in [-0.05, 0) is 111 Å². The highest BCUT2D eigenvalue weighted by molar-refractivity contribution is 6.37. The van der Waals surface area contributed by atoms with Crippen molar-refractivity contribution in [3.63, 3.8) is 0 Å². The van der Waals surface area contributed by atoms with Crippen LogP contribution in [0, 0.1) is 0 Å². The summed E-state index contributed by atoms with van der Waals surface area (Å²) in [6, 6.07) is 58.5. The minimum Gasteiger partial charge on any atom is -0.0622 e. The topological polar surface area (TPSA) is 0 Å². The second-order valence-corrected chi connectivity index (χ2v) is 12.0. The number of hydrogen-bond donors (Lipinski definition) is 0. The van der Waals surface area contributed by atoms with Gasteiger partial charge in [0.15, 0.2) is 0 Å². The molecule has 0 heteroatoms. The molecule has 0 unspecified atom stereocenters. The van der Waals surface area contributed by atoms with E-state index >= 15 is 0 Å². The van der Waals surface area contributed by atoms with Crippen molar-refractivity contribution in [3.05, 3.63) is 158 Å². The molecule has 10 rings (SSSR count). The van der Waals surface area contributed by atoms with Crippen molar-refractivity contribution in [3.8, 4) is 44.5 Å². The molecular weight excluding hydrogens is 528 g/mol. The van der Waals surface area contributed by atoms with Crippen LogP contribution < -0.4 is 0 Å². The Bertz CT molecular complexity index is 2450. The van der Waals surface area contributed by atoms with Gasteiger partial charge in [0.25, 0.3) is 0 Å². The van der Waals surface area contributed by atoms with Crippen molar-refractivity contribution in [2.45, 2.75) is 0 Å². The maximum Gasteiger partial charge on any atom is -0.000763 e. The molecule has 0 radical (unpaired) electrons. The van der Waals surface area contributed by atoms with Gasteiger partial charge in [0.2, 0.25) is 0 Å². The van der Waals surface area contributed by atoms with Gasteiger partial charge in [0, 0.05) is 0 Å². The molecule has 9 aromatic rings. The van der Waals surface area contributed by atoms with Gasteiger partial charge in [-0.1, -0.05) is 146 Å². The van der Waals surface area contributed by atoms with Crippen LogP contribution >= 0.6 is 0 Å². The van der Waals surface area contributed by atoms with Crippen molar-refractivity contribution < 1.29 is 0 Å². The maximum absolute atomic E-state index is 2.50. The third kappa shape index (κ3) is 3.12. The molecule has 0 fully saturated rings. The van der Waals surface area contributed by atoms with Gasteiger partial charge in [0.05, 0.1) is 0 Å². The van der Waals surface area contributed by atoms with Crippen LogP contribution in [-0.2, 0) is 0 Å². The first-order chi connectivity index (χ1) is 21.9. The second kappa shape index (κ2) is 8.89. The first kappa shape index (κ1) is 23.8. The van der Waals surface area contributed by atoms with E-state index in [0.29, 0.717) is 0 Å². The van der Waals surface area contributed by atoms with Gasteiger partial charge >= 0.3 is 0 Å². The van der Waals surface area contributed by atoms with Crippen molar-refractivity contribution in [1.29, 1.82) is 0 Å². The Kier molecular flexibility index (Phi) is 4.81. The number of hydrogen-bond acceptors (Lipinski definition) is 0. The van der Waals surface area contributed by atoms with Crippen molar-refractivity contribution in [1.82, 2.24) is 0 Å². The predicted molar refractivity (Wildman–Crippen MR) is 189 cm³/mol. The molecule has 0 N–H and O–H groups in total. The van der Waals surface area contributed by atoms with E-state index < -0.39 is 0 Å². The Morgan fingerprint density at radius 2 is 0.659 bits per heavy atom. The third-order valence-corrected chi connectivity index (χ3v) is 9.74. The van der Waals surface area contributed by atoms with Crippen LogP contribution in [0.25, 0.3) is 98.4 Å². The zero-order valence-electron chi connectivity index (χ0n) is 24.0. The lowest BCUT2D eigenvalue weighted by Crippen LogP contribution is -1.94. The molecule has 202 valence electrons. The first-order valence-electron chi connectivity index (χ1n) is 15.4. The van der Waals surface area contributed by atoms with E-state index in [2.05, 4.69) is 158 Å². The monoisotopic (exact) mass is 554 g/mol. The van der Waals surface area contributed by atoms with E-state index in [9.17, 15) is 0 Å². The molecule has 0 nitrogen and oxygen atoms in total. The van der Waals surface area contributed by atoms with Crippen molar-refractivity contribution >= 4 is 53.9 Å². The van der Waals surface area contributed by atoms with E-state index in [1.54, 1.807) is 0 Å². The molecule has 0 saturated heterocycles. The molecular formula is C44H26. The number of fused-ring (bicyclic) bond motifs is 10. The zero-order chi connectivity index (χ0) is 28.8. The molecule has 0 atom stereocenters. The third-order valence-electron chi connectivity index (χ3n) is 9.74. The van der Waals surface area contributed by atoms with E-state index in [1.165, 1.54) is 98.4 Å². The lowest BCUT2D eigenvalue weighted by atomic mass is 9.80. The van der Waals surface area contributed by atoms with Crippen LogP contribution in [0.2, 0.25) is 0 Å². The molecule has 0 aliphatic heterocycles. The quantitative estimate of drug-likeness (QED) is 0.147. The fraction of sp³-hybridized carbons (Fsp3) is 0. The predicted octanol–water partition coefficient (Wildman–Crippen LogP) is 12.4. The standard InChI is InChI=1S/C44H26/c1-3-13-28(14-4-1)41-38-25-36-34-23-11-17-27-18-12-24-35(40(27)34)37(36)26-39(38)42(29-15-5-2-6-16-29)44-33-22-10-8-20-31(33)30-19-7-9-21-32(30)43(41)44/h1-26H. The van der Waals surface area contributed by atoms with E-state index in [1.807, 2.05) is 0 Å². The molecule has 0 saturated carbocycles. The highest BCUT2D eigenvalue weighted by Gasteiger charge is 2.26. The summed E-state index contributed by atoms with van der Waals surface area (Å²) in [6.07, 6.45) is 0. The molecule has 0 aromatic heterocycles. The van der Waals surface area contributed by atoms with Crippen molar-refractivity contribution in [2.24, 2.45) is 0 Å². The van der Waals surface area contributed by atoms with Crippen molar-refractivity contribution in [2.75, 3.05) is 0 Å². The highest BCUT2D eigenvalue weighted by atomic mass is 14.3. The summed E-state index contributed by atoms with van der Waals surface area (Å²) in [7, 11) is 0. The summed E-state index contributed by atoms with van der Waals surface area (Å²) in [4.78, 5) is 0. The molecule has 1 aliphatic rings. The van der Waals surface area contributed by atoms with E-state index in [-0.39, 0.29) is 0 Å². The van der Waals surface area contributed by atoms with Gasteiger partial charge < -0.3 is 0 Å². The molecule has 9 aromatic carbocycles. The highest BCUT2D eigenvalue weighted by Crippen LogP contribution is 2.54. The number of benzene rings is 9. The number of rotatable bonds is 2. The fourth-order valence-electron chi connectivity index (χ4n) is 7.99. The summed E-state index contributed by atoms with van der Waals surface area (Å²) in [6.45, 7) is 0. The maximum atomic E-state index is 2.50.